The average molecular weight is 606 g/mol. The highest BCUT2D eigenvalue weighted by Crippen LogP contribution is 2.60. The molecule has 1 aromatic rings. The van der Waals surface area contributed by atoms with Crippen molar-refractivity contribution in [2.75, 3.05) is 38.3 Å². The van der Waals surface area contributed by atoms with E-state index in [9.17, 15) is 19.5 Å². The molecule has 1 N–H and O–H groups in total. The molecule has 3 unspecified atom stereocenters. The van der Waals surface area contributed by atoms with Gasteiger partial charge >= 0.3 is 5.97 Å². The third-order valence-electron chi connectivity index (χ3n) is 7.86. The fourth-order valence-corrected chi connectivity index (χ4v) is 7.11. The Morgan fingerprint density at radius 3 is 2.62 bits per heavy atom. The maximum atomic E-state index is 14.4. The first-order valence-electron chi connectivity index (χ1n) is 13.4. The number of aliphatic hydroxyl groups is 1. The minimum Gasteiger partial charge on any atom is -0.497 e. The lowest BCUT2D eigenvalue weighted by atomic mass is 9.70. The van der Waals surface area contributed by atoms with Crippen LogP contribution >= 0.6 is 15.9 Å². The molecule has 9 nitrogen and oxygen atoms in total. The van der Waals surface area contributed by atoms with Crippen molar-refractivity contribution >= 4 is 39.4 Å². The maximum Gasteiger partial charge on any atom is 0.312 e. The molecule has 1 aromatic carbocycles. The number of halogens is 1. The molecule has 39 heavy (non-hydrogen) atoms. The second-order valence-electron chi connectivity index (χ2n) is 10.2. The molecule has 3 fully saturated rings. The third-order valence-corrected chi connectivity index (χ3v) is 8.71. The highest BCUT2D eigenvalue weighted by atomic mass is 79.9. The molecule has 3 saturated heterocycles. The van der Waals surface area contributed by atoms with E-state index in [4.69, 9.17) is 14.2 Å². The summed E-state index contributed by atoms with van der Waals surface area (Å²) >= 11 is 3.67. The summed E-state index contributed by atoms with van der Waals surface area (Å²) in [4.78, 5) is 44.7. The number of carbonyl (C=O) groups is 3. The Balaban J connectivity index is 1.70. The van der Waals surface area contributed by atoms with Gasteiger partial charge in [0.1, 0.15) is 17.4 Å². The van der Waals surface area contributed by atoms with Crippen molar-refractivity contribution in [3.8, 4) is 5.75 Å². The number of methoxy groups -OCH3 is 1. The van der Waals surface area contributed by atoms with Crippen LogP contribution in [-0.4, -0.2) is 83.8 Å². The van der Waals surface area contributed by atoms with Gasteiger partial charge in [0.2, 0.25) is 5.91 Å². The van der Waals surface area contributed by atoms with E-state index < -0.39 is 35.6 Å². The minimum atomic E-state index is -1.18. The number of benzene rings is 1. The first kappa shape index (κ1) is 29.3. The number of hydrogen-bond donors (Lipinski definition) is 1. The standard InChI is InChI=1S/C29H37BrN2O7/c1-4-6-9-17-38-28(36)22-23-26(34)32(15-7-8-16-33)25(29(23)18-21(30)24(22)39-29)27(35)31(14-5-2)19-10-12-20(37-3)13-11-19/h4-5,10-13,21-25,33H,1-2,6-9,14-18H2,3H3/t21?,22-,23+,24-,25?,29?/m1/s1. The Morgan fingerprint density at radius 1 is 1.23 bits per heavy atom. The summed E-state index contributed by atoms with van der Waals surface area (Å²) in [6, 6.07) is 6.16. The number of amides is 2. The molecule has 2 bridgehead atoms. The molecule has 0 aromatic heterocycles. The lowest BCUT2D eigenvalue weighted by Crippen LogP contribution is -2.57. The number of alkyl halides is 1. The Labute approximate surface area is 237 Å². The van der Waals surface area contributed by atoms with Gasteiger partial charge in [0.15, 0.2) is 0 Å². The zero-order valence-corrected chi connectivity index (χ0v) is 23.9. The van der Waals surface area contributed by atoms with Crippen molar-refractivity contribution in [1.82, 2.24) is 4.90 Å². The van der Waals surface area contributed by atoms with Gasteiger partial charge in [-0.3, -0.25) is 14.4 Å². The van der Waals surface area contributed by atoms with Gasteiger partial charge in [-0.25, -0.2) is 0 Å². The molecular weight excluding hydrogens is 568 g/mol. The molecule has 3 heterocycles. The Morgan fingerprint density at radius 2 is 1.97 bits per heavy atom. The van der Waals surface area contributed by atoms with Crippen LogP contribution in [0.3, 0.4) is 0 Å². The zero-order valence-electron chi connectivity index (χ0n) is 22.3. The van der Waals surface area contributed by atoms with Gasteiger partial charge in [0.05, 0.1) is 31.7 Å². The van der Waals surface area contributed by atoms with Crippen LogP contribution in [0.1, 0.15) is 32.1 Å². The lowest BCUT2D eigenvalue weighted by Gasteiger charge is -2.37. The van der Waals surface area contributed by atoms with E-state index in [2.05, 4.69) is 29.1 Å². The summed E-state index contributed by atoms with van der Waals surface area (Å²) in [5.74, 6) is -2.05. The van der Waals surface area contributed by atoms with E-state index in [1.807, 2.05) is 0 Å². The second-order valence-corrected chi connectivity index (χ2v) is 11.3. The van der Waals surface area contributed by atoms with Crippen LogP contribution in [0.25, 0.3) is 0 Å². The summed E-state index contributed by atoms with van der Waals surface area (Å²) in [6.45, 7) is 8.21. The summed E-state index contributed by atoms with van der Waals surface area (Å²) in [5, 5.41) is 9.37. The summed E-state index contributed by atoms with van der Waals surface area (Å²) in [7, 11) is 1.57. The predicted molar refractivity (Wildman–Crippen MR) is 150 cm³/mol. The van der Waals surface area contributed by atoms with E-state index >= 15 is 0 Å². The zero-order chi connectivity index (χ0) is 28.2. The van der Waals surface area contributed by atoms with Crippen molar-refractivity contribution in [3.63, 3.8) is 0 Å². The lowest BCUT2D eigenvalue weighted by molar-refractivity contribution is -0.155. The summed E-state index contributed by atoms with van der Waals surface area (Å²) < 4.78 is 17.4. The number of allylic oxidation sites excluding steroid dienone is 1. The van der Waals surface area contributed by atoms with Crippen molar-refractivity contribution in [3.05, 3.63) is 49.6 Å². The summed E-state index contributed by atoms with van der Waals surface area (Å²) in [6.07, 6.45) is 5.57. The fourth-order valence-electron chi connectivity index (χ4n) is 6.17. The molecule has 2 amide bonds. The largest absolute Gasteiger partial charge is 0.497 e. The first-order valence-corrected chi connectivity index (χ1v) is 14.3. The smallest absolute Gasteiger partial charge is 0.312 e. The van der Waals surface area contributed by atoms with E-state index in [1.165, 1.54) is 0 Å². The van der Waals surface area contributed by atoms with Crippen LogP contribution in [0.5, 0.6) is 5.75 Å². The van der Waals surface area contributed by atoms with E-state index in [1.54, 1.807) is 53.3 Å². The highest BCUT2D eigenvalue weighted by molar-refractivity contribution is 9.09. The van der Waals surface area contributed by atoms with Crippen molar-refractivity contribution < 1.29 is 33.7 Å². The number of esters is 1. The van der Waals surface area contributed by atoms with Crippen LogP contribution in [0, 0.1) is 11.8 Å². The van der Waals surface area contributed by atoms with Gasteiger partial charge in [-0.2, -0.15) is 0 Å². The fraction of sp³-hybridized carbons (Fsp3) is 0.552. The third kappa shape index (κ3) is 5.38. The van der Waals surface area contributed by atoms with Crippen molar-refractivity contribution in [1.29, 1.82) is 0 Å². The van der Waals surface area contributed by atoms with Gasteiger partial charge < -0.3 is 29.1 Å². The van der Waals surface area contributed by atoms with Crippen LogP contribution in [0.2, 0.25) is 0 Å². The SMILES string of the molecule is C=CCCCOC(=O)[C@H]1[C@@H]2OC3(CC2Br)C(C(=O)N(CC=C)c2ccc(OC)cc2)N(CCCCO)C(=O)[C@H]13. The molecule has 3 aliphatic heterocycles. The number of anilines is 1. The molecule has 0 radical (unpaired) electrons. The molecule has 3 aliphatic rings. The Hall–Kier alpha value is -2.69. The van der Waals surface area contributed by atoms with Gasteiger partial charge in [0.25, 0.3) is 5.91 Å². The minimum absolute atomic E-state index is 0.0225. The summed E-state index contributed by atoms with van der Waals surface area (Å²) in [5.41, 5.74) is -0.549. The molecular formula is C29H37BrN2O7. The number of likely N-dealkylation sites (tertiary alicyclic amines) is 1. The van der Waals surface area contributed by atoms with E-state index in [0.29, 0.717) is 43.5 Å². The number of nitrogens with zero attached hydrogens (tertiary/aromatic N) is 2. The van der Waals surface area contributed by atoms with Crippen molar-refractivity contribution in [2.24, 2.45) is 11.8 Å². The number of hydrogen-bond acceptors (Lipinski definition) is 7. The van der Waals surface area contributed by atoms with Gasteiger partial charge in [0, 0.05) is 30.2 Å². The molecule has 0 aliphatic carbocycles. The number of aliphatic hydroxyl groups excluding tert-OH is 1. The second kappa shape index (κ2) is 12.7. The molecule has 6 atom stereocenters. The highest BCUT2D eigenvalue weighted by Gasteiger charge is 2.77. The Bertz CT molecular complexity index is 1080. The topological polar surface area (TPSA) is 106 Å². The monoisotopic (exact) mass is 604 g/mol. The molecule has 212 valence electrons. The van der Waals surface area contributed by atoms with Crippen LogP contribution in [0.15, 0.2) is 49.6 Å². The predicted octanol–water partition coefficient (Wildman–Crippen LogP) is 3.24. The van der Waals surface area contributed by atoms with Crippen LogP contribution in [-0.2, 0) is 23.9 Å². The number of ether oxygens (including phenoxy) is 3. The van der Waals surface area contributed by atoms with E-state index in [-0.39, 0.29) is 42.9 Å². The molecule has 4 rings (SSSR count). The molecule has 1 spiro atoms. The normalized spacial score (nSPS) is 28.7. The quantitative estimate of drug-likeness (QED) is 0.150. The number of carbonyl (C=O) groups excluding carboxylic acids is 3. The first-order chi connectivity index (χ1) is 18.8. The van der Waals surface area contributed by atoms with Gasteiger partial charge in [-0.1, -0.05) is 28.1 Å². The van der Waals surface area contributed by atoms with Crippen LogP contribution < -0.4 is 9.64 Å². The number of unbranched alkanes of at least 4 members (excludes halogenated alkanes) is 2. The van der Waals surface area contributed by atoms with E-state index in [0.717, 1.165) is 0 Å². The molecule has 0 saturated carbocycles. The van der Waals surface area contributed by atoms with Gasteiger partial charge in [-0.15, -0.1) is 13.2 Å². The van der Waals surface area contributed by atoms with Gasteiger partial charge in [-0.05, 0) is 56.4 Å². The van der Waals surface area contributed by atoms with Crippen LogP contribution in [0.4, 0.5) is 5.69 Å². The Kier molecular flexibility index (Phi) is 9.51. The number of fused-ring (bicyclic) bond motifs is 1. The average Bonchev–Trinajstić information content (AvgIpc) is 3.53. The maximum absolute atomic E-state index is 14.4. The molecule has 10 heteroatoms. The number of rotatable bonds is 14. The van der Waals surface area contributed by atoms with Crippen molar-refractivity contribution in [2.45, 2.75) is 54.7 Å².